The van der Waals surface area contributed by atoms with Crippen LogP contribution in [0.1, 0.15) is 15.7 Å². The van der Waals surface area contributed by atoms with Gasteiger partial charge in [-0.1, -0.05) is 60.1 Å². The Morgan fingerprint density at radius 2 is 1.87 bits per heavy atom. The molecule has 2 amide bonds. The minimum Gasteiger partial charge on any atom is -0.353 e. The summed E-state index contributed by atoms with van der Waals surface area (Å²) in [4.78, 5) is 31.4. The van der Waals surface area contributed by atoms with Gasteiger partial charge >= 0.3 is 0 Å². The maximum absolute atomic E-state index is 13.7. The summed E-state index contributed by atoms with van der Waals surface area (Å²) in [6.45, 7) is 1.09. The van der Waals surface area contributed by atoms with Crippen LogP contribution in [0, 0.1) is 0 Å². The molecule has 0 spiro atoms. The monoisotopic (exact) mass is 565 g/mol. The van der Waals surface area contributed by atoms with Gasteiger partial charge in [0.25, 0.3) is 0 Å². The summed E-state index contributed by atoms with van der Waals surface area (Å²) in [5.74, 6) is 0.441. The predicted octanol–water partition coefficient (Wildman–Crippen LogP) is 5.10. The average Bonchev–Trinajstić information content (AvgIpc) is 3.55. The SMILES string of the molecule is CN(C)CCNC(=O)CN1C(=O)CS[C@H](c2cccs2)c2c(-c3ccccc3)nn(-c3ccccc3Cl)c21. The molecule has 1 aliphatic heterocycles. The van der Waals surface area contributed by atoms with Gasteiger partial charge in [-0.2, -0.15) is 5.10 Å². The topological polar surface area (TPSA) is 70.5 Å². The fourth-order valence-corrected chi connectivity index (χ4v) is 6.79. The minimum atomic E-state index is -0.223. The van der Waals surface area contributed by atoms with Crippen LogP contribution in [0.15, 0.2) is 72.1 Å². The molecule has 10 heteroatoms. The number of benzene rings is 2. The smallest absolute Gasteiger partial charge is 0.240 e. The number of halogens is 1. The Balaban J connectivity index is 1.71. The lowest BCUT2D eigenvalue weighted by Crippen LogP contribution is -2.43. The van der Waals surface area contributed by atoms with E-state index in [1.165, 1.54) is 0 Å². The van der Waals surface area contributed by atoms with Gasteiger partial charge in [-0.15, -0.1) is 23.1 Å². The minimum absolute atomic E-state index is 0.110. The second-order valence-corrected chi connectivity index (χ2v) is 11.6. The molecule has 1 N–H and O–H groups in total. The third-order valence-corrected chi connectivity index (χ3v) is 8.84. The number of thioether (sulfide) groups is 1. The quantitative estimate of drug-likeness (QED) is 0.322. The van der Waals surface area contributed by atoms with Gasteiger partial charge in [-0.05, 0) is 37.7 Å². The molecule has 0 saturated carbocycles. The van der Waals surface area contributed by atoms with Crippen molar-refractivity contribution in [3.8, 4) is 16.9 Å². The van der Waals surface area contributed by atoms with Crippen LogP contribution in [-0.2, 0) is 9.59 Å². The van der Waals surface area contributed by atoms with Crippen molar-refractivity contribution >= 4 is 52.3 Å². The maximum atomic E-state index is 13.7. The van der Waals surface area contributed by atoms with Crippen molar-refractivity contribution in [3.63, 3.8) is 0 Å². The molecule has 2 aromatic heterocycles. The van der Waals surface area contributed by atoms with Crippen LogP contribution in [0.4, 0.5) is 5.82 Å². The lowest BCUT2D eigenvalue weighted by molar-refractivity contribution is -0.122. The Labute approximate surface area is 235 Å². The lowest BCUT2D eigenvalue weighted by Gasteiger charge is -2.23. The predicted molar refractivity (Wildman–Crippen MR) is 157 cm³/mol. The van der Waals surface area contributed by atoms with Crippen molar-refractivity contribution in [2.75, 3.05) is 44.4 Å². The molecule has 3 heterocycles. The molecule has 2 aromatic carbocycles. The molecule has 0 saturated heterocycles. The molecule has 7 nitrogen and oxygen atoms in total. The first-order valence-electron chi connectivity index (χ1n) is 12.2. The number of nitrogens with one attached hydrogen (secondary N) is 1. The molecule has 0 fully saturated rings. The summed E-state index contributed by atoms with van der Waals surface area (Å²) in [6, 6.07) is 21.5. The van der Waals surface area contributed by atoms with E-state index in [4.69, 9.17) is 16.7 Å². The van der Waals surface area contributed by atoms with Crippen molar-refractivity contribution in [1.29, 1.82) is 0 Å². The van der Waals surface area contributed by atoms with Gasteiger partial charge in [-0.25, -0.2) is 4.68 Å². The Morgan fingerprint density at radius 3 is 2.58 bits per heavy atom. The number of hydrogen-bond donors (Lipinski definition) is 1. The first kappa shape index (κ1) is 26.5. The summed E-state index contributed by atoms with van der Waals surface area (Å²) in [5.41, 5.74) is 3.24. The number of thiophene rings is 1. The first-order chi connectivity index (χ1) is 18.4. The number of aromatic nitrogens is 2. The number of nitrogens with zero attached hydrogens (tertiary/aromatic N) is 4. The molecule has 0 aliphatic carbocycles. The zero-order valence-electron chi connectivity index (χ0n) is 21.1. The van der Waals surface area contributed by atoms with E-state index in [0.29, 0.717) is 29.6 Å². The molecule has 0 bridgehead atoms. The lowest BCUT2D eigenvalue weighted by atomic mass is 10.0. The van der Waals surface area contributed by atoms with E-state index >= 15 is 0 Å². The van der Waals surface area contributed by atoms with E-state index in [1.807, 2.05) is 79.0 Å². The van der Waals surface area contributed by atoms with Gasteiger partial charge in [0.1, 0.15) is 12.4 Å². The van der Waals surface area contributed by atoms with Crippen LogP contribution in [0.2, 0.25) is 5.02 Å². The number of anilines is 1. The highest BCUT2D eigenvalue weighted by molar-refractivity contribution is 8.00. The Kier molecular flexibility index (Phi) is 8.18. The number of hydrogen-bond acceptors (Lipinski definition) is 6. The molecule has 0 unspecified atom stereocenters. The third-order valence-electron chi connectivity index (χ3n) is 6.20. The van der Waals surface area contributed by atoms with Crippen LogP contribution < -0.4 is 10.2 Å². The van der Waals surface area contributed by atoms with Gasteiger partial charge in [-0.3, -0.25) is 14.5 Å². The molecular weight excluding hydrogens is 538 g/mol. The molecule has 1 aliphatic rings. The van der Waals surface area contributed by atoms with Gasteiger partial charge in [0, 0.05) is 29.1 Å². The first-order valence-corrected chi connectivity index (χ1v) is 14.5. The standard InChI is InChI=1S/C28H28ClN5O2S2/c1-32(2)15-14-30-23(35)17-33-24(36)18-38-27(22-13-8-16-37-22)25-26(19-9-4-3-5-10-19)31-34(28(25)33)21-12-7-6-11-20(21)29/h3-13,16,27H,14-15,17-18H2,1-2H3,(H,30,35)/t27-/m1/s1. The Morgan fingerprint density at radius 1 is 1.11 bits per heavy atom. The van der Waals surface area contributed by atoms with Crippen LogP contribution in [0.25, 0.3) is 16.9 Å². The molecule has 38 heavy (non-hydrogen) atoms. The van der Waals surface area contributed by atoms with E-state index in [9.17, 15) is 9.59 Å². The summed E-state index contributed by atoms with van der Waals surface area (Å²) in [5, 5.41) is 10.4. The number of amides is 2. The second-order valence-electron chi connectivity index (χ2n) is 9.15. The highest BCUT2D eigenvalue weighted by atomic mass is 35.5. The number of carbonyl (C=O) groups excluding carboxylic acids is 2. The number of carbonyl (C=O) groups is 2. The fraction of sp³-hybridized carbons (Fsp3) is 0.250. The van der Waals surface area contributed by atoms with Crippen molar-refractivity contribution in [1.82, 2.24) is 20.0 Å². The van der Waals surface area contributed by atoms with Gasteiger partial charge < -0.3 is 10.2 Å². The highest BCUT2D eigenvalue weighted by Crippen LogP contribution is 2.49. The number of para-hydroxylation sites is 1. The van der Waals surface area contributed by atoms with Crippen molar-refractivity contribution in [2.45, 2.75) is 5.25 Å². The van der Waals surface area contributed by atoms with Gasteiger partial charge in [0.05, 0.1) is 27.4 Å². The van der Waals surface area contributed by atoms with Gasteiger partial charge in [0.2, 0.25) is 11.8 Å². The molecule has 4 aromatic rings. The summed E-state index contributed by atoms with van der Waals surface area (Å²) in [6.07, 6.45) is 0. The Hall–Kier alpha value is -3.11. The van der Waals surface area contributed by atoms with E-state index in [1.54, 1.807) is 38.7 Å². The molecule has 196 valence electrons. The number of fused-ring (bicyclic) bond motifs is 1. The fourth-order valence-electron chi connectivity index (χ4n) is 4.40. The molecule has 1 atom stereocenters. The zero-order valence-corrected chi connectivity index (χ0v) is 23.5. The average molecular weight is 566 g/mol. The van der Waals surface area contributed by atoms with E-state index in [0.717, 1.165) is 21.7 Å². The van der Waals surface area contributed by atoms with E-state index in [-0.39, 0.29) is 29.4 Å². The van der Waals surface area contributed by atoms with Crippen LogP contribution >= 0.6 is 34.7 Å². The molecule has 0 radical (unpaired) electrons. The zero-order chi connectivity index (χ0) is 26.6. The van der Waals surface area contributed by atoms with Crippen molar-refractivity contribution < 1.29 is 9.59 Å². The Bertz CT molecular complexity index is 1420. The maximum Gasteiger partial charge on any atom is 0.240 e. The normalized spacial score (nSPS) is 15.4. The summed E-state index contributed by atoms with van der Waals surface area (Å²) in [7, 11) is 3.90. The number of likely N-dealkylation sites (N-methyl/N-ethyl adjacent to an activating group) is 1. The summed E-state index contributed by atoms with van der Waals surface area (Å²) < 4.78 is 1.73. The van der Waals surface area contributed by atoms with E-state index < -0.39 is 0 Å². The number of rotatable bonds is 8. The second kappa shape index (κ2) is 11.7. The van der Waals surface area contributed by atoms with Crippen molar-refractivity contribution in [2.24, 2.45) is 0 Å². The highest BCUT2D eigenvalue weighted by Gasteiger charge is 2.38. The van der Waals surface area contributed by atoms with Crippen LogP contribution in [-0.4, -0.2) is 66.0 Å². The summed E-state index contributed by atoms with van der Waals surface area (Å²) >= 11 is 9.88. The molecular formula is C28H28ClN5O2S2. The van der Waals surface area contributed by atoms with Gasteiger partial charge in [0.15, 0.2) is 0 Å². The van der Waals surface area contributed by atoms with Crippen LogP contribution in [0.3, 0.4) is 0 Å². The third kappa shape index (κ3) is 5.51. The van der Waals surface area contributed by atoms with E-state index in [2.05, 4.69) is 11.4 Å². The molecule has 5 rings (SSSR count). The van der Waals surface area contributed by atoms with Crippen LogP contribution in [0.5, 0.6) is 0 Å². The van der Waals surface area contributed by atoms with Crippen molar-refractivity contribution in [3.05, 3.63) is 87.6 Å². The largest absolute Gasteiger partial charge is 0.353 e.